The van der Waals surface area contributed by atoms with Crippen LogP contribution in [0.25, 0.3) is 0 Å². The van der Waals surface area contributed by atoms with Crippen LogP contribution in [0.1, 0.15) is 27.2 Å². The molecule has 0 aliphatic heterocycles. The Bertz CT molecular complexity index is 602. The second kappa shape index (κ2) is 6.69. The lowest BCUT2D eigenvalue weighted by molar-refractivity contribution is 0.508. The van der Waals surface area contributed by atoms with Gasteiger partial charge in [-0.1, -0.05) is 13.8 Å². The average molecular weight is 264 g/mol. The lowest BCUT2D eigenvalue weighted by Gasteiger charge is -2.14. The molecule has 0 aliphatic rings. The van der Waals surface area contributed by atoms with E-state index < -0.39 is 11.2 Å². The van der Waals surface area contributed by atoms with Gasteiger partial charge in [0.15, 0.2) is 0 Å². The van der Waals surface area contributed by atoms with Crippen molar-refractivity contribution in [2.24, 2.45) is 5.92 Å². The molecule has 1 aromatic heterocycles. The minimum absolute atomic E-state index is 0.173. The zero-order chi connectivity index (χ0) is 14.4. The molecule has 0 bridgehead atoms. The number of nitrogens with one attached hydrogen (secondary N) is 2. The largest absolute Gasteiger partial charge is 0.383 e. The Morgan fingerprint density at radius 2 is 2.11 bits per heavy atom. The second-order valence-corrected chi connectivity index (χ2v) is 4.63. The Morgan fingerprint density at radius 1 is 1.42 bits per heavy atom. The standard InChI is InChI=1S/C13H20N4O2/c1-4-5-6-7-15-10-11(14)17(8-9(2)3)13(19)16-12(10)18/h9,15H,6-8,14H2,1-3H3,(H,16,18,19). The molecule has 104 valence electrons. The molecule has 0 saturated heterocycles. The number of nitrogens with two attached hydrogens (primary N) is 1. The van der Waals surface area contributed by atoms with Crippen LogP contribution in [-0.4, -0.2) is 16.1 Å². The number of nitrogen functional groups attached to an aromatic ring is 1. The fraction of sp³-hybridized carbons (Fsp3) is 0.538. The number of hydrogen-bond acceptors (Lipinski definition) is 4. The van der Waals surface area contributed by atoms with Crippen LogP contribution in [0.3, 0.4) is 0 Å². The van der Waals surface area contributed by atoms with Gasteiger partial charge in [0.2, 0.25) is 0 Å². The van der Waals surface area contributed by atoms with E-state index in [0.29, 0.717) is 19.5 Å². The maximum Gasteiger partial charge on any atom is 0.330 e. The molecular weight excluding hydrogens is 244 g/mol. The van der Waals surface area contributed by atoms with Crippen molar-refractivity contribution in [2.75, 3.05) is 17.6 Å². The number of aromatic amines is 1. The van der Waals surface area contributed by atoms with Crippen molar-refractivity contribution in [3.63, 3.8) is 0 Å². The zero-order valence-corrected chi connectivity index (χ0v) is 11.5. The van der Waals surface area contributed by atoms with Gasteiger partial charge in [-0.25, -0.2) is 4.79 Å². The number of aromatic nitrogens is 2. The van der Waals surface area contributed by atoms with Crippen LogP contribution in [-0.2, 0) is 6.54 Å². The Morgan fingerprint density at radius 3 is 2.68 bits per heavy atom. The molecule has 4 N–H and O–H groups in total. The molecule has 6 heteroatoms. The number of nitrogens with zero attached hydrogens (tertiary/aromatic N) is 1. The third kappa shape index (κ3) is 3.91. The summed E-state index contributed by atoms with van der Waals surface area (Å²) in [6.07, 6.45) is 0.610. The lowest BCUT2D eigenvalue weighted by atomic mass is 10.2. The third-order valence-corrected chi connectivity index (χ3v) is 2.52. The van der Waals surface area contributed by atoms with Crippen LogP contribution >= 0.6 is 0 Å². The van der Waals surface area contributed by atoms with Crippen molar-refractivity contribution in [2.45, 2.75) is 33.7 Å². The number of hydrogen-bond donors (Lipinski definition) is 3. The Hall–Kier alpha value is -2.16. The maximum atomic E-state index is 11.7. The number of rotatable bonds is 5. The highest BCUT2D eigenvalue weighted by Crippen LogP contribution is 2.11. The quantitative estimate of drug-likeness (QED) is 0.536. The van der Waals surface area contributed by atoms with Crippen molar-refractivity contribution < 1.29 is 0 Å². The molecule has 6 nitrogen and oxygen atoms in total. The van der Waals surface area contributed by atoms with Gasteiger partial charge >= 0.3 is 5.69 Å². The Balaban J connectivity index is 3.06. The van der Waals surface area contributed by atoms with Crippen molar-refractivity contribution in [1.82, 2.24) is 9.55 Å². The molecule has 1 heterocycles. The van der Waals surface area contributed by atoms with Gasteiger partial charge in [-0.05, 0) is 12.8 Å². The topological polar surface area (TPSA) is 92.9 Å². The van der Waals surface area contributed by atoms with E-state index in [-0.39, 0.29) is 17.4 Å². The smallest absolute Gasteiger partial charge is 0.330 e. The van der Waals surface area contributed by atoms with Gasteiger partial charge in [-0.2, -0.15) is 0 Å². The molecule has 1 aromatic rings. The summed E-state index contributed by atoms with van der Waals surface area (Å²) in [6, 6.07) is 0. The van der Waals surface area contributed by atoms with Gasteiger partial charge in [-0.3, -0.25) is 14.3 Å². The first-order valence-electron chi connectivity index (χ1n) is 6.23. The average Bonchev–Trinajstić information content (AvgIpc) is 2.33. The van der Waals surface area contributed by atoms with E-state index in [9.17, 15) is 9.59 Å². The first-order chi connectivity index (χ1) is 8.97. The maximum absolute atomic E-state index is 11.7. The molecule has 1 rings (SSSR count). The van der Waals surface area contributed by atoms with Crippen molar-refractivity contribution in [1.29, 1.82) is 0 Å². The summed E-state index contributed by atoms with van der Waals surface area (Å²) in [4.78, 5) is 25.7. The van der Waals surface area contributed by atoms with E-state index in [1.807, 2.05) is 13.8 Å². The van der Waals surface area contributed by atoms with Crippen molar-refractivity contribution in [3.05, 3.63) is 20.8 Å². The molecule has 0 aromatic carbocycles. The summed E-state index contributed by atoms with van der Waals surface area (Å²) in [5, 5.41) is 2.93. The van der Waals surface area contributed by atoms with Gasteiger partial charge in [0, 0.05) is 19.5 Å². The summed E-state index contributed by atoms with van der Waals surface area (Å²) >= 11 is 0. The van der Waals surface area contributed by atoms with E-state index in [0.717, 1.165) is 0 Å². The predicted octanol–water partition coefficient (Wildman–Crippen LogP) is 0.600. The van der Waals surface area contributed by atoms with E-state index >= 15 is 0 Å². The molecule has 0 amide bonds. The normalized spacial score (nSPS) is 10.1. The fourth-order valence-corrected chi connectivity index (χ4v) is 1.68. The molecular formula is C13H20N4O2. The van der Waals surface area contributed by atoms with Crippen LogP contribution < -0.4 is 22.3 Å². The molecule has 0 fully saturated rings. The highest BCUT2D eigenvalue weighted by atomic mass is 16.2. The summed E-state index contributed by atoms with van der Waals surface area (Å²) in [7, 11) is 0. The number of H-pyrrole nitrogens is 1. The molecule has 0 saturated carbocycles. The summed E-state index contributed by atoms with van der Waals surface area (Å²) in [5.74, 6) is 6.08. The molecule has 0 radical (unpaired) electrons. The first-order valence-corrected chi connectivity index (χ1v) is 6.23. The van der Waals surface area contributed by atoms with E-state index in [1.54, 1.807) is 6.92 Å². The molecule has 0 spiro atoms. The van der Waals surface area contributed by atoms with E-state index in [2.05, 4.69) is 22.1 Å². The minimum atomic E-state index is -0.494. The minimum Gasteiger partial charge on any atom is -0.383 e. The second-order valence-electron chi connectivity index (χ2n) is 4.63. The Labute approximate surface area is 112 Å². The zero-order valence-electron chi connectivity index (χ0n) is 11.5. The SMILES string of the molecule is CC#CCCNc1c(N)n(CC(C)C)c(=O)[nH]c1=O. The van der Waals surface area contributed by atoms with Gasteiger partial charge in [0.25, 0.3) is 5.56 Å². The van der Waals surface area contributed by atoms with Crippen LogP contribution in [0.5, 0.6) is 0 Å². The monoisotopic (exact) mass is 264 g/mol. The van der Waals surface area contributed by atoms with E-state index in [1.165, 1.54) is 4.57 Å². The highest BCUT2D eigenvalue weighted by Gasteiger charge is 2.12. The number of anilines is 2. The third-order valence-electron chi connectivity index (χ3n) is 2.52. The molecule has 0 aliphatic carbocycles. The van der Waals surface area contributed by atoms with Crippen LogP contribution in [0.15, 0.2) is 9.59 Å². The Kier molecular flexibility index (Phi) is 5.24. The van der Waals surface area contributed by atoms with Gasteiger partial charge in [0.05, 0.1) is 0 Å². The van der Waals surface area contributed by atoms with Crippen LogP contribution in [0.2, 0.25) is 0 Å². The van der Waals surface area contributed by atoms with Crippen molar-refractivity contribution >= 4 is 11.5 Å². The van der Waals surface area contributed by atoms with Gasteiger partial charge < -0.3 is 11.1 Å². The predicted molar refractivity (Wildman–Crippen MR) is 77.1 cm³/mol. The summed E-state index contributed by atoms with van der Waals surface area (Å²) < 4.78 is 1.37. The molecule has 0 unspecified atom stereocenters. The van der Waals surface area contributed by atoms with Gasteiger partial charge in [0.1, 0.15) is 11.5 Å². The highest BCUT2D eigenvalue weighted by molar-refractivity contribution is 5.60. The molecule has 19 heavy (non-hydrogen) atoms. The van der Waals surface area contributed by atoms with Crippen LogP contribution in [0, 0.1) is 17.8 Å². The summed E-state index contributed by atoms with van der Waals surface area (Å²) in [5.41, 5.74) is 5.16. The summed E-state index contributed by atoms with van der Waals surface area (Å²) in [6.45, 7) is 6.67. The molecule has 0 atom stereocenters. The van der Waals surface area contributed by atoms with Crippen molar-refractivity contribution in [3.8, 4) is 11.8 Å². The van der Waals surface area contributed by atoms with Crippen LogP contribution in [0.4, 0.5) is 11.5 Å². The van der Waals surface area contributed by atoms with E-state index in [4.69, 9.17) is 5.73 Å². The first kappa shape index (κ1) is 14.9. The van der Waals surface area contributed by atoms with Gasteiger partial charge in [-0.15, -0.1) is 11.8 Å². The lowest BCUT2D eigenvalue weighted by Crippen LogP contribution is -2.35. The fourth-order valence-electron chi connectivity index (χ4n) is 1.68.